The van der Waals surface area contributed by atoms with Crippen molar-refractivity contribution >= 4 is 18.0 Å². The summed E-state index contributed by atoms with van der Waals surface area (Å²) in [5.41, 5.74) is 3.71. The molecule has 0 heterocycles. The molecule has 0 unspecified atom stereocenters. The van der Waals surface area contributed by atoms with Crippen molar-refractivity contribution in [2.24, 2.45) is 0 Å². The van der Waals surface area contributed by atoms with Crippen LogP contribution in [0.1, 0.15) is 65.6 Å². The number of ketones is 1. The second kappa shape index (κ2) is 15.1. The zero-order valence-corrected chi connectivity index (χ0v) is 24.8. The number of amides is 1. The first-order valence-corrected chi connectivity index (χ1v) is 14.7. The zero-order chi connectivity index (χ0) is 30.8. The highest BCUT2D eigenvalue weighted by Crippen LogP contribution is 2.37. The highest BCUT2D eigenvalue weighted by atomic mass is 16.6. The smallest absolute Gasteiger partial charge is 0.412 e. The van der Waals surface area contributed by atoms with Crippen molar-refractivity contribution < 1.29 is 34.4 Å². The number of aryl methyl sites for hydroxylation is 1. The molecular weight excluding hydrogens is 548 g/mol. The predicted molar refractivity (Wildman–Crippen MR) is 165 cm³/mol. The number of nitrogens with zero attached hydrogens (tertiary/aromatic N) is 1. The molecule has 9 heteroatoms. The standard InChI is InChI=1S/C34H40N2O7/c1-35-34(41)43-28-10-8-9-23(18-28)22-36(2)15-6-4-3-5-7-16-42-27-13-14-29-25(21-27)11-12-26(32(29)39)17-24-19-30(37)33(40)31(38)20-24/h8-10,13-14,17-21,37-38,40H,3-7,11-12,15-16,22H2,1-2H3,(H,35,41)/b26-17-. The number of hydrogen-bond acceptors (Lipinski definition) is 8. The van der Waals surface area contributed by atoms with E-state index in [4.69, 9.17) is 9.47 Å². The Morgan fingerprint density at radius 1 is 0.930 bits per heavy atom. The fourth-order valence-electron chi connectivity index (χ4n) is 5.15. The molecule has 1 amide bonds. The van der Waals surface area contributed by atoms with Gasteiger partial charge in [0.15, 0.2) is 23.0 Å². The van der Waals surface area contributed by atoms with Gasteiger partial charge < -0.3 is 35.0 Å². The summed E-state index contributed by atoms with van der Waals surface area (Å²) in [6, 6.07) is 15.8. The number of unbranched alkanes of at least 4 members (excludes halogenated alkanes) is 4. The molecular formula is C34H40N2O7. The van der Waals surface area contributed by atoms with E-state index in [-0.39, 0.29) is 5.78 Å². The molecule has 0 aliphatic heterocycles. The van der Waals surface area contributed by atoms with E-state index in [9.17, 15) is 24.9 Å². The van der Waals surface area contributed by atoms with E-state index in [1.54, 1.807) is 18.2 Å². The maximum absolute atomic E-state index is 13.0. The second-order valence-electron chi connectivity index (χ2n) is 10.9. The molecule has 1 aliphatic carbocycles. The molecule has 43 heavy (non-hydrogen) atoms. The normalized spacial score (nSPS) is 13.7. The molecule has 0 fully saturated rings. The minimum atomic E-state index is -0.578. The Labute approximate surface area is 252 Å². The highest BCUT2D eigenvalue weighted by Gasteiger charge is 2.22. The Morgan fingerprint density at radius 2 is 1.67 bits per heavy atom. The van der Waals surface area contributed by atoms with E-state index in [0.717, 1.165) is 62.1 Å². The van der Waals surface area contributed by atoms with Crippen LogP contribution in [0.5, 0.6) is 28.7 Å². The fraction of sp³-hybridized carbons (Fsp3) is 0.353. The third-order valence-corrected chi connectivity index (χ3v) is 7.43. The molecule has 228 valence electrons. The summed E-state index contributed by atoms with van der Waals surface area (Å²) in [5, 5.41) is 31.5. The van der Waals surface area contributed by atoms with E-state index in [2.05, 4.69) is 17.3 Å². The third kappa shape index (κ3) is 8.99. The van der Waals surface area contributed by atoms with Crippen LogP contribution in [0.2, 0.25) is 0 Å². The summed E-state index contributed by atoms with van der Waals surface area (Å²) in [7, 11) is 3.63. The first-order valence-electron chi connectivity index (χ1n) is 14.7. The van der Waals surface area contributed by atoms with Crippen molar-refractivity contribution in [3.63, 3.8) is 0 Å². The van der Waals surface area contributed by atoms with Gasteiger partial charge in [-0.15, -0.1) is 0 Å². The molecule has 0 saturated carbocycles. The lowest BCUT2D eigenvalue weighted by Crippen LogP contribution is -2.22. The first kappa shape index (κ1) is 31.4. The summed E-state index contributed by atoms with van der Waals surface area (Å²) in [6.45, 7) is 2.40. The van der Waals surface area contributed by atoms with E-state index < -0.39 is 23.3 Å². The fourth-order valence-corrected chi connectivity index (χ4v) is 5.15. The van der Waals surface area contributed by atoms with Crippen molar-refractivity contribution in [1.29, 1.82) is 0 Å². The molecule has 0 aromatic heterocycles. The molecule has 0 bridgehead atoms. The SMILES string of the molecule is CNC(=O)Oc1cccc(CN(C)CCCCCCCOc2ccc3c(c2)CC/C(=C/c2cc(O)c(O)c(O)c2)C3=O)c1. The highest BCUT2D eigenvalue weighted by molar-refractivity contribution is 6.13. The minimum Gasteiger partial charge on any atom is -0.504 e. The van der Waals surface area contributed by atoms with Gasteiger partial charge in [-0.25, -0.2) is 4.79 Å². The number of Topliss-reactive ketones (excluding diaryl/α,β-unsaturated/α-hetero) is 1. The number of carbonyl (C=O) groups is 2. The Morgan fingerprint density at radius 3 is 2.44 bits per heavy atom. The van der Waals surface area contributed by atoms with Crippen molar-refractivity contribution in [1.82, 2.24) is 10.2 Å². The molecule has 0 radical (unpaired) electrons. The number of fused-ring (bicyclic) bond motifs is 1. The molecule has 3 aromatic carbocycles. The lowest BCUT2D eigenvalue weighted by Gasteiger charge is -2.19. The van der Waals surface area contributed by atoms with Crippen LogP contribution >= 0.6 is 0 Å². The van der Waals surface area contributed by atoms with Crippen LogP contribution in [0, 0.1) is 0 Å². The number of carbonyl (C=O) groups excluding carboxylic acids is 2. The van der Waals surface area contributed by atoms with Crippen molar-refractivity contribution in [3.05, 3.63) is 82.4 Å². The number of ether oxygens (including phenoxy) is 2. The van der Waals surface area contributed by atoms with Gasteiger partial charge in [0, 0.05) is 24.7 Å². The average Bonchev–Trinajstić information content (AvgIpc) is 2.98. The number of allylic oxidation sites excluding steroid dienone is 1. The van der Waals surface area contributed by atoms with Crippen molar-refractivity contribution in [3.8, 4) is 28.7 Å². The molecule has 1 aliphatic rings. The maximum atomic E-state index is 13.0. The van der Waals surface area contributed by atoms with Crippen LogP contribution in [0.4, 0.5) is 4.79 Å². The molecule has 0 atom stereocenters. The van der Waals surface area contributed by atoms with Gasteiger partial charge in [0.1, 0.15) is 11.5 Å². The molecule has 4 N–H and O–H groups in total. The van der Waals surface area contributed by atoms with Crippen LogP contribution < -0.4 is 14.8 Å². The van der Waals surface area contributed by atoms with Crippen LogP contribution in [-0.4, -0.2) is 59.3 Å². The Bertz CT molecular complexity index is 1440. The van der Waals surface area contributed by atoms with Crippen molar-refractivity contribution in [2.75, 3.05) is 27.2 Å². The van der Waals surface area contributed by atoms with Gasteiger partial charge in [0.05, 0.1) is 6.61 Å². The summed E-state index contributed by atoms with van der Waals surface area (Å²) in [6.07, 6.45) is 7.81. The first-order chi connectivity index (χ1) is 20.7. The minimum absolute atomic E-state index is 0.0888. The summed E-state index contributed by atoms with van der Waals surface area (Å²) in [5.74, 6) is -0.237. The van der Waals surface area contributed by atoms with Gasteiger partial charge in [-0.3, -0.25) is 4.79 Å². The maximum Gasteiger partial charge on any atom is 0.412 e. The molecule has 4 rings (SSSR count). The van der Waals surface area contributed by atoms with E-state index in [1.807, 2.05) is 30.3 Å². The monoisotopic (exact) mass is 588 g/mol. The van der Waals surface area contributed by atoms with Crippen LogP contribution in [0.25, 0.3) is 6.08 Å². The lowest BCUT2D eigenvalue weighted by atomic mass is 9.86. The quantitative estimate of drug-likeness (QED) is 0.106. The number of phenolic OH excluding ortho intramolecular Hbond substituents is 3. The number of phenols is 3. The zero-order valence-electron chi connectivity index (χ0n) is 24.8. The topological polar surface area (TPSA) is 129 Å². The van der Waals surface area contributed by atoms with Crippen molar-refractivity contribution in [2.45, 2.75) is 51.5 Å². The Balaban J connectivity index is 1.14. The van der Waals surface area contributed by atoms with Gasteiger partial charge in [-0.1, -0.05) is 31.4 Å². The number of hydrogen-bond donors (Lipinski definition) is 4. The van der Waals surface area contributed by atoms with Gasteiger partial charge in [0.2, 0.25) is 0 Å². The average molecular weight is 589 g/mol. The van der Waals surface area contributed by atoms with E-state index in [1.165, 1.54) is 19.2 Å². The third-order valence-electron chi connectivity index (χ3n) is 7.43. The van der Waals surface area contributed by atoms with Crippen LogP contribution in [-0.2, 0) is 13.0 Å². The molecule has 0 spiro atoms. The summed E-state index contributed by atoms with van der Waals surface area (Å²) < 4.78 is 11.2. The summed E-state index contributed by atoms with van der Waals surface area (Å²) in [4.78, 5) is 26.7. The molecule has 3 aromatic rings. The van der Waals surface area contributed by atoms with E-state index >= 15 is 0 Å². The lowest BCUT2D eigenvalue weighted by molar-refractivity contribution is 0.102. The van der Waals surface area contributed by atoms with Crippen LogP contribution in [0.3, 0.4) is 0 Å². The van der Waals surface area contributed by atoms with Gasteiger partial charge >= 0.3 is 6.09 Å². The largest absolute Gasteiger partial charge is 0.504 e. The van der Waals surface area contributed by atoms with E-state index in [0.29, 0.717) is 41.9 Å². The Kier molecular flexibility index (Phi) is 11.0. The van der Waals surface area contributed by atoms with Crippen LogP contribution in [0.15, 0.2) is 60.2 Å². The Hall–Kier alpha value is -4.50. The number of nitrogens with one attached hydrogen (secondary N) is 1. The number of aromatic hydroxyl groups is 3. The summed E-state index contributed by atoms with van der Waals surface area (Å²) >= 11 is 0. The number of rotatable bonds is 13. The van der Waals surface area contributed by atoms with Gasteiger partial charge in [-0.05, 0) is 105 Å². The predicted octanol–water partition coefficient (Wildman–Crippen LogP) is 6.20. The van der Waals surface area contributed by atoms with Gasteiger partial charge in [-0.2, -0.15) is 0 Å². The second-order valence-corrected chi connectivity index (χ2v) is 10.9. The molecule has 0 saturated heterocycles. The van der Waals surface area contributed by atoms with Gasteiger partial charge in [0.25, 0.3) is 0 Å². The number of benzene rings is 3. The molecule has 9 nitrogen and oxygen atoms in total.